The number of carbonyl (C=O) groups excluding carboxylic acids is 1. The average molecular weight is 334 g/mol. The zero-order valence-electron chi connectivity index (χ0n) is 12.7. The Labute approximate surface area is 135 Å². The van der Waals surface area contributed by atoms with Gasteiger partial charge in [-0.1, -0.05) is 6.07 Å². The molecule has 1 aliphatic carbocycles. The van der Waals surface area contributed by atoms with Crippen LogP contribution in [0.3, 0.4) is 0 Å². The monoisotopic (exact) mass is 334 g/mol. The van der Waals surface area contributed by atoms with Gasteiger partial charge in [0.05, 0.1) is 17.4 Å². The second-order valence-corrected chi connectivity index (χ2v) is 8.34. The summed E-state index contributed by atoms with van der Waals surface area (Å²) < 4.78 is 25.2. The van der Waals surface area contributed by atoms with E-state index in [4.69, 9.17) is 5.26 Å². The number of nitrogens with one attached hydrogen (secondary N) is 2. The fourth-order valence-electron chi connectivity index (χ4n) is 2.70. The maximum Gasteiger partial charge on any atom is 0.238 e. The molecule has 0 aromatic carbocycles. The minimum absolute atomic E-state index is 0.0426. The Kier molecular flexibility index (Phi) is 3.86. The summed E-state index contributed by atoms with van der Waals surface area (Å²) >= 11 is 0. The highest BCUT2D eigenvalue weighted by Gasteiger charge is 2.47. The van der Waals surface area contributed by atoms with E-state index in [-0.39, 0.29) is 23.9 Å². The fourth-order valence-corrected chi connectivity index (χ4v) is 4.34. The van der Waals surface area contributed by atoms with Gasteiger partial charge in [0.15, 0.2) is 14.9 Å². The molecule has 23 heavy (non-hydrogen) atoms. The van der Waals surface area contributed by atoms with Crippen molar-refractivity contribution < 1.29 is 13.2 Å². The van der Waals surface area contributed by atoms with Crippen LogP contribution in [0.25, 0.3) is 0 Å². The van der Waals surface area contributed by atoms with Crippen molar-refractivity contribution in [1.29, 1.82) is 5.26 Å². The second kappa shape index (κ2) is 5.58. The van der Waals surface area contributed by atoms with Crippen LogP contribution in [0.1, 0.15) is 25.0 Å². The Bertz CT molecular complexity index is 780. The Morgan fingerprint density at radius 1 is 1.48 bits per heavy atom. The zero-order valence-corrected chi connectivity index (χ0v) is 13.6. The lowest BCUT2D eigenvalue weighted by molar-refractivity contribution is -0.123. The molecule has 2 N–H and O–H groups in total. The van der Waals surface area contributed by atoms with Crippen LogP contribution >= 0.6 is 0 Å². The molecule has 2 atom stereocenters. The van der Waals surface area contributed by atoms with Gasteiger partial charge in [-0.2, -0.15) is 5.26 Å². The number of nitriles is 1. The molecule has 0 bridgehead atoms. The van der Waals surface area contributed by atoms with Crippen LogP contribution in [0, 0.1) is 18.3 Å². The van der Waals surface area contributed by atoms with E-state index in [9.17, 15) is 13.2 Å². The number of hydrogen-bond donors (Lipinski definition) is 2. The van der Waals surface area contributed by atoms with Crippen molar-refractivity contribution in [3.8, 4) is 6.07 Å². The number of amides is 1. The Balaban J connectivity index is 1.70. The molecule has 1 aliphatic heterocycles. The van der Waals surface area contributed by atoms with E-state index >= 15 is 0 Å². The zero-order chi connectivity index (χ0) is 16.7. The van der Waals surface area contributed by atoms with Crippen LogP contribution in [0.15, 0.2) is 23.2 Å². The summed E-state index contributed by atoms with van der Waals surface area (Å²) in [5.41, 5.74) is -0.107. The molecule has 1 saturated carbocycles. The van der Waals surface area contributed by atoms with Gasteiger partial charge >= 0.3 is 0 Å². The number of carbonyl (C=O) groups is 1. The molecule has 1 saturated heterocycles. The van der Waals surface area contributed by atoms with E-state index in [1.807, 2.05) is 0 Å². The summed E-state index contributed by atoms with van der Waals surface area (Å²) in [4.78, 5) is 16.3. The molecule has 1 aromatic rings. The van der Waals surface area contributed by atoms with Crippen molar-refractivity contribution in [2.45, 2.75) is 48.0 Å². The molecular weight excluding hydrogens is 316 g/mol. The molecule has 122 valence electrons. The van der Waals surface area contributed by atoms with Crippen molar-refractivity contribution in [2.24, 2.45) is 0 Å². The second-order valence-electron chi connectivity index (χ2n) is 6.16. The largest absolute Gasteiger partial charge is 0.336 e. The Hall–Kier alpha value is -1.98. The van der Waals surface area contributed by atoms with Gasteiger partial charge in [0, 0.05) is 12.2 Å². The van der Waals surface area contributed by atoms with E-state index < -0.39 is 26.7 Å². The standard InChI is InChI=1S/C15H18N4O3S/c1-10-3-2-4-13(18-10)23(21,22)11-7-12(17-8-11)14(20)19-15(9-16)5-6-15/h2-4,11-12,17H,5-8H2,1H3,(H,19,20). The number of nitrogens with zero attached hydrogens (tertiary/aromatic N) is 2. The molecule has 2 unspecified atom stereocenters. The summed E-state index contributed by atoms with van der Waals surface area (Å²) in [6.07, 6.45) is 1.49. The topological polar surface area (TPSA) is 112 Å². The first-order chi connectivity index (χ1) is 10.9. The van der Waals surface area contributed by atoms with Gasteiger partial charge in [0.2, 0.25) is 5.91 Å². The van der Waals surface area contributed by atoms with Gasteiger partial charge in [0.25, 0.3) is 0 Å². The molecule has 2 aliphatic rings. The number of hydrogen-bond acceptors (Lipinski definition) is 6. The summed E-state index contributed by atoms with van der Waals surface area (Å²) in [5, 5.41) is 14.0. The lowest BCUT2D eigenvalue weighted by Crippen LogP contribution is -2.45. The van der Waals surface area contributed by atoms with Crippen LogP contribution in [0.5, 0.6) is 0 Å². The van der Waals surface area contributed by atoms with Gasteiger partial charge < -0.3 is 10.6 Å². The van der Waals surface area contributed by atoms with Crippen molar-refractivity contribution in [2.75, 3.05) is 6.54 Å². The predicted octanol–water partition coefficient (Wildman–Crippen LogP) is 0.0666. The molecule has 2 fully saturated rings. The van der Waals surface area contributed by atoms with Crippen LogP contribution in [0.4, 0.5) is 0 Å². The van der Waals surface area contributed by atoms with E-state index in [0.29, 0.717) is 18.5 Å². The highest BCUT2D eigenvalue weighted by Crippen LogP contribution is 2.34. The summed E-state index contributed by atoms with van der Waals surface area (Å²) in [7, 11) is -3.58. The van der Waals surface area contributed by atoms with Crippen LogP contribution in [-0.4, -0.2) is 42.7 Å². The summed E-state index contributed by atoms with van der Waals surface area (Å²) in [6.45, 7) is 1.94. The minimum atomic E-state index is -3.58. The van der Waals surface area contributed by atoms with Gasteiger partial charge in [-0.15, -0.1) is 0 Å². The van der Waals surface area contributed by atoms with Gasteiger partial charge in [-0.25, -0.2) is 13.4 Å². The highest BCUT2D eigenvalue weighted by molar-refractivity contribution is 7.92. The van der Waals surface area contributed by atoms with E-state index in [0.717, 1.165) is 0 Å². The maximum absolute atomic E-state index is 12.6. The number of pyridine rings is 1. The van der Waals surface area contributed by atoms with Crippen molar-refractivity contribution in [3.05, 3.63) is 23.9 Å². The average Bonchev–Trinajstić information content (AvgIpc) is 3.10. The quantitative estimate of drug-likeness (QED) is 0.806. The lowest BCUT2D eigenvalue weighted by atomic mass is 10.2. The molecule has 1 aromatic heterocycles. The van der Waals surface area contributed by atoms with Crippen molar-refractivity contribution in [1.82, 2.24) is 15.6 Å². The van der Waals surface area contributed by atoms with Crippen LogP contribution in [0.2, 0.25) is 0 Å². The smallest absolute Gasteiger partial charge is 0.238 e. The van der Waals surface area contributed by atoms with E-state index in [2.05, 4.69) is 21.7 Å². The number of aromatic nitrogens is 1. The minimum Gasteiger partial charge on any atom is -0.336 e. The van der Waals surface area contributed by atoms with Crippen molar-refractivity contribution >= 4 is 15.7 Å². The molecule has 2 heterocycles. The first-order valence-corrected chi connectivity index (χ1v) is 9.05. The fraction of sp³-hybridized carbons (Fsp3) is 0.533. The first-order valence-electron chi connectivity index (χ1n) is 7.50. The van der Waals surface area contributed by atoms with Gasteiger partial charge in [0.1, 0.15) is 5.54 Å². The van der Waals surface area contributed by atoms with Crippen LogP contribution in [-0.2, 0) is 14.6 Å². The van der Waals surface area contributed by atoms with E-state index in [1.54, 1.807) is 19.1 Å². The molecular formula is C15H18N4O3S. The summed E-state index contributed by atoms with van der Waals surface area (Å²) in [6, 6.07) is 6.37. The molecule has 7 nitrogen and oxygen atoms in total. The molecule has 0 spiro atoms. The normalized spacial score (nSPS) is 25.6. The van der Waals surface area contributed by atoms with E-state index in [1.165, 1.54) is 6.07 Å². The summed E-state index contributed by atoms with van der Waals surface area (Å²) in [5.74, 6) is -0.307. The maximum atomic E-state index is 12.6. The van der Waals surface area contributed by atoms with Crippen molar-refractivity contribution in [3.63, 3.8) is 0 Å². The third kappa shape index (κ3) is 3.07. The molecule has 3 rings (SSSR count). The predicted molar refractivity (Wildman–Crippen MR) is 82.1 cm³/mol. The van der Waals surface area contributed by atoms with Crippen LogP contribution < -0.4 is 10.6 Å². The Morgan fingerprint density at radius 2 is 2.22 bits per heavy atom. The van der Waals surface area contributed by atoms with Gasteiger partial charge in [-0.3, -0.25) is 4.79 Å². The molecule has 0 radical (unpaired) electrons. The third-order valence-electron chi connectivity index (χ3n) is 4.33. The number of sulfone groups is 1. The first kappa shape index (κ1) is 15.9. The third-order valence-corrected chi connectivity index (χ3v) is 6.37. The lowest BCUT2D eigenvalue weighted by Gasteiger charge is -2.14. The Morgan fingerprint density at radius 3 is 2.83 bits per heavy atom. The van der Waals surface area contributed by atoms with Gasteiger partial charge in [-0.05, 0) is 38.3 Å². The SMILES string of the molecule is Cc1cccc(S(=O)(=O)C2CNC(C(=O)NC3(C#N)CC3)C2)n1. The molecule has 8 heteroatoms. The highest BCUT2D eigenvalue weighted by atomic mass is 32.2. The molecule has 1 amide bonds. The number of rotatable bonds is 4. The number of aryl methyl sites for hydroxylation is 1.